The van der Waals surface area contributed by atoms with Gasteiger partial charge in [0.2, 0.25) is 20.7 Å². The second-order valence-electron chi connectivity index (χ2n) is 7.78. The third-order valence-corrected chi connectivity index (χ3v) is 6.51. The Hall–Kier alpha value is -1.15. The van der Waals surface area contributed by atoms with Crippen molar-refractivity contribution in [2.24, 2.45) is 5.92 Å². The van der Waals surface area contributed by atoms with Crippen LogP contribution in [0.2, 0.25) is 0 Å². The third kappa shape index (κ3) is 18.7. The molecule has 17 heteroatoms. The minimum absolute atomic E-state index is 0.0119. The van der Waals surface area contributed by atoms with Gasteiger partial charge in [-0.3, -0.25) is 14.5 Å². The molecule has 0 aliphatic heterocycles. The van der Waals surface area contributed by atoms with Crippen LogP contribution in [-0.4, -0.2) is 108 Å². The van der Waals surface area contributed by atoms with Gasteiger partial charge in [0.1, 0.15) is 12.1 Å². The van der Waals surface area contributed by atoms with Gasteiger partial charge in [0, 0.05) is 47.6 Å². The lowest BCUT2D eigenvalue weighted by Crippen LogP contribution is -2.44. The Morgan fingerprint density at radius 2 is 1.89 bits per heavy atom. The van der Waals surface area contributed by atoms with Gasteiger partial charge in [-0.05, 0) is 25.2 Å². The van der Waals surface area contributed by atoms with E-state index in [9.17, 15) is 19.3 Å². The highest BCUT2D eigenvalue weighted by molar-refractivity contribution is 7.59. The lowest BCUT2D eigenvalue weighted by atomic mass is 9.81. The van der Waals surface area contributed by atoms with E-state index in [4.69, 9.17) is 24.6 Å². The highest BCUT2D eigenvalue weighted by Crippen LogP contribution is 2.42. The van der Waals surface area contributed by atoms with Crippen LogP contribution in [0.1, 0.15) is 33.1 Å². The maximum atomic E-state index is 11.8. The van der Waals surface area contributed by atoms with Gasteiger partial charge < -0.3 is 40.2 Å². The number of rotatable bonds is 22. The van der Waals surface area contributed by atoms with Crippen LogP contribution in [0.3, 0.4) is 0 Å². The smallest absolute Gasteiger partial charge is 0.408 e. The number of carbonyl (C=O) groups excluding carboxylic acids is 3. The molecule has 0 aliphatic rings. The zero-order valence-corrected chi connectivity index (χ0v) is 22.0. The zero-order valence-electron chi connectivity index (χ0n) is 20.1. The summed E-state index contributed by atoms with van der Waals surface area (Å²) < 4.78 is 14.4. The zero-order chi connectivity index (χ0) is 26.5. The van der Waals surface area contributed by atoms with Crippen LogP contribution in [0.5, 0.6) is 0 Å². The van der Waals surface area contributed by atoms with Crippen molar-refractivity contribution in [1.29, 1.82) is 0 Å². The van der Waals surface area contributed by atoms with Crippen molar-refractivity contribution in [2.75, 3.05) is 46.0 Å². The fraction of sp³-hybridized carbons (Fsp3) is 0.833. The Morgan fingerprint density at radius 3 is 2.49 bits per heavy atom. The van der Waals surface area contributed by atoms with E-state index in [0.29, 0.717) is 57.8 Å². The standard InChI is InChI=1S/C18H38BN4O10P2/c1-14(2)11-15(21-16(26)12-20-13-25)19-32-9-4-6-23(5-3-8-24)7-10-31-17(27)22-18(34-29)35(30)33-28/h13-15,18,24,28-30,34H,3-12H2,1-2H3,(H,20,25)(H,21,26)(H,22,27)/t15-,18?,35?/m1/s1. The van der Waals surface area contributed by atoms with Crippen molar-refractivity contribution in [2.45, 2.75) is 44.6 Å². The summed E-state index contributed by atoms with van der Waals surface area (Å²) >= 11 is 0. The van der Waals surface area contributed by atoms with Gasteiger partial charge in [-0.25, -0.2) is 10.1 Å². The van der Waals surface area contributed by atoms with Crippen molar-refractivity contribution in [1.82, 2.24) is 20.9 Å². The lowest BCUT2D eigenvalue weighted by Gasteiger charge is -2.23. The van der Waals surface area contributed by atoms with Crippen LogP contribution >= 0.6 is 17.2 Å². The number of hydrogen-bond donors (Lipinski definition) is 7. The molecule has 0 saturated carbocycles. The van der Waals surface area contributed by atoms with Crippen LogP contribution < -0.4 is 16.0 Å². The van der Waals surface area contributed by atoms with Gasteiger partial charge in [0.25, 0.3) is 0 Å². The number of nitrogens with one attached hydrogen (secondary N) is 3. The summed E-state index contributed by atoms with van der Waals surface area (Å²) in [6.45, 7) is 5.90. The molecule has 1 radical (unpaired) electrons. The van der Waals surface area contributed by atoms with E-state index >= 15 is 0 Å². The molecule has 0 fully saturated rings. The van der Waals surface area contributed by atoms with Crippen molar-refractivity contribution < 1.29 is 48.6 Å². The number of aliphatic hydroxyl groups excluding tert-OH is 1. The Bertz CT molecular complexity index is 585. The molecule has 0 aromatic carbocycles. The number of ether oxygens (including phenoxy) is 1. The van der Waals surface area contributed by atoms with Crippen molar-refractivity contribution >= 4 is 43.1 Å². The second kappa shape index (κ2) is 22.1. The molecule has 0 aliphatic carbocycles. The predicted molar refractivity (Wildman–Crippen MR) is 132 cm³/mol. The summed E-state index contributed by atoms with van der Waals surface area (Å²) in [7, 11) is -1.74. The summed E-state index contributed by atoms with van der Waals surface area (Å²) in [5.41, 5.74) is -1.16. The van der Waals surface area contributed by atoms with E-state index < -0.39 is 28.8 Å². The molecule has 0 rings (SSSR count). The van der Waals surface area contributed by atoms with E-state index in [1.54, 1.807) is 7.48 Å². The van der Waals surface area contributed by atoms with E-state index in [0.717, 1.165) is 0 Å². The van der Waals surface area contributed by atoms with E-state index in [2.05, 4.69) is 20.6 Å². The first-order valence-electron chi connectivity index (χ1n) is 11.1. The molecular formula is C18H38BN4O10P2. The fourth-order valence-corrected chi connectivity index (χ4v) is 3.87. The number of carbonyl (C=O) groups is 3. The first-order valence-corrected chi connectivity index (χ1v) is 13.4. The van der Waals surface area contributed by atoms with Crippen molar-refractivity contribution in [3.63, 3.8) is 0 Å². The normalized spacial score (nSPS) is 14.1. The molecule has 0 aromatic heterocycles. The third-order valence-electron chi connectivity index (χ3n) is 4.37. The summed E-state index contributed by atoms with van der Waals surface area (Å²) in [5.74, 6) is -0.293. The highest BCUT2D eigenvalue weighted by Gasteiger charge is 2.24. The molecular weight excluding hydrogens is 505 g/mol. The van der Waals surface area contributed by atoms with Gasteiger partial charge in [-0.2, -0.15) is 4.67 Å². The summed E-state index contributed by atoms with van der Waals surface area (Å²) in [4.78, 5) is 54.4. The van der Waals surface area contributed by atoms with Gasteiger partial charge >= 0.3 is 13.6 Å². The summed E-state index contributed by atoms with van der Waals surface area (Å²) in [5, 5.41) is 24.9. The lowest BCUT2D eigenvalue weighted by molar-refractivity contribution is -0.136. The Morgan fingerprint density at radius 1 is 1.17 bits per heavy atom. The first kappa shape index (κ1) is 33.9. The van der Waals surface area contributed by atoms with E-state index in [1.807, 2.05) is 18.7 Å². The molecule has 35 heavy (non-hydrogen) atoms. The Labute approximate surface area is 209 Å². The van der Waals surface area contributed by atoms with E-state index in [-0.39, 0.29) is 31.6 Å². The number of nitrogens with zero attached hydrogens (tertiary/aromatic N) is 1. The molecule has 0 spiro atoms. The second-order valence-corrected chi connectivity index (χ2v) is 10.4. The molecule has 3 amide bonds. The molecule has 0 aromatic rings. The molecule has 203 valence electrons. The minimum atomic E-state index is -2.43. The predicted octanol–water partition coefficient (Wildman–Crippen LogP) is -0.679. The largest absolute Gasteiger partial charge is 0.448 e. The van der Waals surface area contributed by atoms with Gasteiger partial charge in [-0.15, -0.1) is 0 Å². The number of alkyl carbamates (subject to hydrolysis) is 1. The molecule has 0 saturated heterocycles. The fourth-order valence-electron chi connectivity index (χ4n) is 2.84. The highest BCUT2D eigenvalue weighted by atomic mass is 31.2. The number of aliphatic hydroxyl groups is 1. The summed E-state index contributed by atoms with van der Waals surface area (Å²) in [6.07, 6.45) is 1.43. The molecule has 7 N–H and O–H groups in total. The van der Waals surface area contributed by atoms with Gasteiger partial charge in [-0.1, -0.05) is 13.8 Å². The van der Waals surface area contributed by atoms with Gasteiger partial charge in [0.15, 0.2) is 0 Å². The molecule has 14 nitrogen and oxygen atoms in total. The average molecular weight is 543 g/mol. The summed E-state index contributed by atoms with van der Waals surface area (Å²) in [6, 6.07) is 0. The number of amides is 3. The van der Waals surface area contributed by atoms with Crippen LogP contribution in [0, 0.1) is 5.92 Å². The Kier molecular flexibility index (Phi) is 21.4. The SMILES string of the molecule is CC(C)C[C@H]([B]OCCCN(CCCO)CCOC(=O)NC(PO)P(O)OO)NC(=O)CNC=O. The topological polar surface area (TPSA) is 199 Å². The van der Waals surface area contributed by atoms with Crippen molar-refractivity contribution in [3.8, 4) is 0 Å². The van der Waals surface area contributed by atoms with Crippen LogP contribution in [0.4, 0.5) is 4.79 Å². The minimum Gasteiger partial charge on any atom is -0.448 e. The molecule has 0 bridgehead atoms. The monoisotopic (exact) mass is 543 g/mol. The maximum Gasteiger partial charge on any atom is 0.408 e. The average Bonchev–Trinajstić information content (AvgIpc) is 2.82. The van der Waals surface area contributed by atoms with E-state index in [1.165, 1.54) is 0 Å². The molecule has 0 heterocycles. The quantitative estimate of drug-likeness (QED) is 0.0228. The van der Waals surface area contributed by atoms with Crippen molar-refractivity contribution in [3.05, 3.63) is 0 Å². The van der Waals surface area contributed by atoms with Crippen LogP contribution in [0.15, 0.2) is 0 Å². The molecule has 4 atom stereocenters. The Balaban J connectivity index is 4.38. The van der Waals surface area contributed by atoms with Gasteiger partial charge in [0.05, 0.1) is 6.54 Å². The maximum absolute atomic E-state index is 11.8. The van der Waals surface area contributed by atoms with Crippen LogP contribution in [-0.2, 0) is 23.7 Å². The number of hydrogen-bond acceptors (Lipinski definition) is 11. The first-order chi connectivity index (χ1) is 16.8. The van der Waals surface area contributed by atoms with Crippen LogP contribution in [0.25, 0.3) is 0 Å². The molecule has 3 unspecified atom stereocenters.